The van der Waals surface area contributed by atoms with Crippen LogP contribution in [0.1, 0.15) is 6.42 Å². The molecule has 1 fully saturated rings. The molecule has 15 heavy (non-hydrogen) atoms. The Hall–Kier alpha value is -0.870. The maximum Gasteiger partial charge on any atom is 0.0617 e. The van der Waals surface area contributed by atoms with Crippen LogP contribution >= 0.6 is 0 Å². The Morgan fingerprint density at radius 2 is 2.27 bits per heavy atom. The molecule has 82 valence electrons. The summed E-state index contributed by atoms with van der Waals surface area (Å²) in [6.45, 7) is 1.53. The van der Waals surface area contributed by atoms with Gasteiger partial charge in [0.15, 0.2) is 0 Å². The number of para-hydroxylation sites is 1. The van der Waals surface area contributed by atoms with Gasteiger partial charge in [-0.2, -0.15) is 0 Å². The summed E-state index contributed by atoms with van der Waals surface area (Å²) < 4.78 is 17.3. The summed E-state index contributed by atoms with van der Waals surface area (Å²) in [5, 5.41) is 0. The SMILES string of the molecule is Nc1ccccc1S(=O)CC1CCOC1. The Balaban J connectivity index is 2.04. The molecule has 0 aliphatic carbocycles. The van der Waals surface area contributed by atoms with Gasteiger partial charge in [-0.15, -0.1) is 0 Å². The molecule has 0 aromatic heterocycles. The molecular weight excluding hydrogens is 210 g/mol. The largest absolute Gasteiger partial charge is 0.398 e. The zero-order valence-corrected chi connectivity index (χ0v) is 9.33. The minimum atomic E-state index is -0.990. The van der Waals surface area contributed by atoms with Crippen molar-refractivity contribution < 1.29 is 8.95 Å². The minimum Gasteiger partial charge on any atom is -0.398 e. The molecule has 1 aliphatic rings. The van der Waals surface area contributed by atoms with E-state index in [9.17, 15) is 4.21 Å². The number of ether oxygens (including phenoxy) is 1. The first-order valence-electron chi connectivity index (χ1n) is 5.08. The predicted molar refractivity (Wildman–Crippen MR) is 61.1 cm³/mol. The van der Waals surface area contributed by atoms with Crippen molar-refractivity contribution in [3.63, 3.8) is 0 Å². The zero-order chi connectivity index (χ0) is 10.7. The molecule has 2 rings (SSSR count). The topological polar surface area (TPSA) is 52.3 Å². The van der Waals surface area contributed by atoms with Gasteiger partial charge in [0.2, 0.25) is 0 Å². The summed E-state index contributed by atoms with van der Waals surface area (Å²) in [6.07, 6.45) is 1.01. The Morgan fingerprint density at radius 1 is 1.47 bits per heavy atom. The molecule has 0 spiro atoms. The van der Waals surface area contributed by atoms with E-state index < -0.39 is 10.8 Å². The maximum absolute atomic E-state index is 12.0. The van der Waals surface area contributed by atoms with E-state index in [1.54, 1.807) is 6.07 Å². The molecular formula is C11H15NO2S. The molecule has 1 saturated heterocycles. The lowest BCUT2D eigenvalue weighted by Crippen LogP contribution is -2.12. The highest BCUT2D eigenvalue weighted by molar-refractivity contribution is 7.85. The maximum atomic E-state index is 12.0. The molecule has 1 aromatic rings. The number of benzene rings is 1. The molecule has 4 heteroatoms. The van der Waals surface area contributed by atoms with Gasteiger partial charge in [-0.3, -0.25) is 4.21 Å². The third-order valence-corrected chi connectivity index (χ3v) is 4.21. The van der Waals surface area contributed by atoms with E-state index in [0.717, 1.165) is 24.5 Å². The van der Waals surface area contributed by atoms with Crippen molar-refractivity contribution in [2.45, 2.75) is 11.3 Å². The van der Waals surface area contributed by atoms with Gasteiger partial charge < -0.3 is 10.5 Å². The molecule has 0 amide bonds. The van der Waals surface area contributed by atoms with Gasteiger partial charge in [0.25, 0.3) is 0 Å². The first kappa shape index (κ1) is 10.6. The second-order valence-electron chi connectivity index (χ2n) is 3.78. The smallest absolute Gasteiger partial charge is 0.0617 e. The van der Waals surface area contributed by atoms with Gasteiger partial charge in [-0.25, -0.2) is 0 Å². The van der Waals surface area contributed by atoms with Gasteiger partial charge in [-0.1, -0.05) is 12.1 Å². The molecule has 1 aromatic carbocycles. The summed E-state index contributed by atoms with van der Waals surface area (Å²) in [5.41, 5.74) is 6.39. The monoisotopic (exact) mass is 225 g/mol. The van der Waals surface area contributed by atoms with Crippen LogP contribution < -0.4 is 5.73 Å². The normalized spacial score (nSPS) is 22.8. The van der Waals surface area contributed by atoms with Gasteiger partial charge in [0.05, 0.1) is 22.3 Å². The summed E-state index contributed by atoms with van der Waals surface area (Å²) >= 11 is 0. The van der Waals surface area contributed by atoms with Crippen molar-refractivity contribution in [1.82, 2.24) is 0 Å². The Kier molecular flexibility index (Phi) is 3.38. The average Bonchev–Trinajstić information content (AvgIpc) is 2.71. The van der Waals surface area contributed by atoms with Crippen LogP contribution in [0.5, 0.6) is 0 Å². The first-order valence-corrected chi connectivity index (χ1v) is 6.40. The number of hydrogen-bond acceptors (Lipinski definition) is 3. The number of hydrogen-bond donors (Lipinski definition) is 1. The molecule has 2 atom stereocenters. The van der Waals surface area contributed by atoms with Crippen LogP contribution in [0, 0.1) is 5.92 Å². The molecule has 0 bridgehead atoms. The van der Waals surface area contributed by atoms with Crippen molar-refractivity contribution in [3.05, 3.63) is 24.3 Å². The van der Waals surface area contributed by atoms with E-state index in [1.165, 1.54) is 0 Å². The predicted octanol–water partition coefficient (Wildman–Crippen LogP) is 1.41. The van der Waals surface area contributed by atoms with Crippen molar-refractivity contribution >= 4 is 16.5 Å². The summed E-state index contributed by atoms with van der Waals surface area (Å²) in [4.78, 5) is 0.754. The zero-order valence-electron chi connectivity index (χ0n) is 8.52. The highest BCUT2D eigenvalue weighted by Crippen LogP contribution is 2.20. The molecule has 0 radical (unpaired) electrons. The third kappa shape index (κ3) is 2.58. The number of nitrogen functional groups attached to an aromatic ring is 1. The van der Waals surface area contributed by atoms with E-state index in [4.69, 9.17) is 10.5 Å². The highest BCUT2D eigenvalue weighted by atomic mass is 32.2. The standard InChI is InChI=1S/C11H15NO2S/c12-10-3-1-2-4-11(10)15(13)8-9-5-6-14-7-9/h1-4,9H,5-8,12H2. The number of nitrogens with two attached hydrogens (primary N) is 1. The second kappa shape index (κ2) is 4.77. The molecule has 3 nitrogen and oxygen atoms in total. The molecule has 2 N–H and O–H groups in total. The van der Waals surface area contributed by atoms with Crippen molar-refractivity contribution in [3.8, 4) is 0 Å². The summed E-state index contributed by atoms with van der Waals surface area (Å²) in [7, 11) is -0.990. The van der Waals surface area contributed by atoms with Crippen LogP contribution in [0.25, 0.3) is 0 Å². The van der Waals surface area contributed by atoms with Gasteiger partial charge in [-0.05, 0) is 24.5 Å². The van der Waals surface area contributed by atoms with Crippen molar-refractivity contribution in [2.24, 2.45) is 5.92 Å². The fraction of sp³-hybridized carbons (Fsp3) is 0.455. The van der Waals surface area contributed by atoms with Crippen LogP contribution in [0.4, 0.5) is 5.69 Å². The van der Waals surface area contributed by atoms with Crippen molar-refractivity contribution in [2.75, 3.05) is 24.7 Å². The third-order valence-electron chi connectivity index (χ3n) is 2.58. The Bertz CT molecular complexity index is 361. The Morgan fingerprint density at radius 3 is 2.93 bits per heavy atom. The van der Waals surface area contributed by atoms with Crippen LogP contribution in [0.2, 0.25) is 0 Å². The first-order chi connectivity index (χ1) is 7.27. The van der Waals surface area contributed by atoms with E-state index in [2.05, 4.69) is 0 Å². The fourth-order valence-electron chi connectivity index (χ4n) is 1.71. The number of anilines is 1. The van der Waals surface area contributed by atoms with E-state index >= 15 is 0 Å². The van der Waals surface area contributed by atoms with Gasteiger partial charge >= 0.3 is 0 Å². The average molecular weight is 225 g/mol. The Labute approximate surface area is 92.1 Å². The lowest BCUT2D eigenvalue weighted by Gasteiger charge is -2.08. The minimum absolute atomic E-state index is 0.422. The molecule has 1 aliphatic heterocycles. The van der Waals surface area contributed by atoms with Crippen molar-refractivity contribution in [1.29, 1.82) is 0 Å². The van der Waals surface area contributed by atoms with Gasteiger partial charge in [0.1, 0.15) is 0 Å². The molecule has 0 saturated carbocycles. The number of rotatable bonds is 3. The lowest BCUT2D eigenvalue weighted by atomic mass is 10.2. The highest BCUT2D eigenvalue weighted by Gasteiger charge is 2.19. The van der Waals surface area contributed by atoms with Crippen LogP contribution in [0.15, 0.2) is 29.2 Å². The van der Waals surface area contributed by atoms with E-state index in [1.807, 2.05) is 18.2 Å². The van der Waals surface area contributed by atoms with E-state index in [0.29, 0.717) is 17.4 Å². The molecule has 1 heterocycles. The van der Waals surface area contributed by atoms with Gasteiger partial charge in [0, 0.05) is 18.0 Å². The quantitative estimate of drug-likeness (QED) is 0.791. The molecule has 2 unspecified atom stereocenters. The fourth-order valence-corrected chi connectivity index (χ4v) is 3.14. The van der Waals surface area contributed by atoms with E-state index in [-0.39, 0.29) is 0 Å². The van der Waals surface area contributed by atoms with Crippen LogP contribution in [-0.2, 0) is 15.5 Å². The summed E-state index contributed by atoms with van der Waals surface area (Å²) in [5.74, 6) is 1.08. The van der Waals surface area contributed by atoms with Crippen LogP contribution in [0.3, 0.4) is 0 Å². The summed E-state index contributed by atoms with van der Waals surface area (Å²) in [6, 6.07) is 7.35. The second-order valence-corrected chi connectivity index (χ2v) is 5.24. The lowest BCUT2D eigenvalue weighted by molar-refractivity contribution is 0.189. The van der Waals surface area contributed by atoms with Crippen LogP contribution in [-0.4, -0.2) is 23.2 Å².